The lowest BCUT2D eigenvalue weighted by atomic mass is 9.94. The summed E-state index contributed by atoms with van der Waals surface area (Å²) in [5.74, 6) is 4.76. The molecule has 2 heteroatoms. The van der Waals surface area contributed by atoms with E-state index in [9.17, 15) is 0 Å². The van der Waals surface area contributed by atoms with Crippen molar-refractivity contribution in [3.05, 3.63) is 48.6 Å². The zero-order valence-electron chi connectivity index (χ0n) is 12.4. The Hall–Kier alpha value is -0.533. The van der Waals surface area contributed by atoms with Crippen LogP contribution < -0.4 is 0 Å². The fourth-order valence-corrected chi connectivity index (χ4v) is 5.65. The highest BCUT2D eigenvalue weighted by molar-refractivity contribution is 6.95. The van der Waals surface area contributed by atoms with E-state index in [0.717, 1.165) is 35.5 Å². The predicted molar refractivity (Wildman–Crippen MR) is 91.3 cm³/mol. The molecule has 4 bridgehead atoms. The molecule has 4 atom stereocenters. The van der Waals surface area contributed by atoms with Crippen molar-refractivity contribution in [2.45, 2.75) is 31.2 Å². The van der Waals surface area contributed by atoms with Gasteiger partial charge in [0.25, 0.3) is 0 Å². The van der Waals surface area contributed by atoms with Gasteiger partial charge in [-0.05, 0) is 61.2 Å². The molecule has 0 saturated heterocycles. The van der Waals surface area contributed by atoms with Crippen LogP contribution in [0, 0.1) is 35.5 Å². The van der Waals surface area contributed by atoms with Crippen molar-refractivity contribution in [3.63, 3.8) is 0 Å². The zero-order valence-corrected chi connectivity index (χ0v) is 14.1. The number of allylic oxidation sites excluding steroid dienone is 8. The van der Waals surface area contributed by atoms with Gasteiger partial charge >= 0.3 is 0 Å². The Balaban J connectivity index is 1.37. The molecule has 4 aliphatic rings. The summed E-state index contributed by atoms with van der Waals surface area (Å²) in [6.45, 7) is 0. The van der Waals surface area contributed by atoms with Crippen LogP contribution in [0.2, 0.25) is 5.54 Å². The molecule has 110 valence electrons. The molecule has 21 heavy (non-hydrogen) atoms. The molecule has 2 saturated carbocycles. The van der Waals surface area contributed by atoms with Gasteiger partial charge in [0, 0.05) is 5.54 Å². The van der Waals surface area contributed by atoms with Crippen LogP contribution in [0.3, 0.4) is 0 Å². The van der Waals surface area contributed by atoms with Crippen LogP contribution in [0.15, 0.2) is 48.6 Å². The lowest BCUT2D eigenvalue weighted by molar-refractivity contribution is 0.528. The molecular formula is C19H23ClSi. The minimum absolute atomic E-state index is 0.437. The Morgan fingerprint density at radius 1 is 0.762 bits per heavy atom. The van der Waals surface area contributed by atoms with Crippen LogP contribution in [0.1, 0.15) is 25.7 Å². The Bertz CT molecular complexity index is 432. The van der Waals surface area contributed by atoms with E-state index in [-0.39, 0.29) is 0 Å². The number of halogens is 1. The van der Waals surface area contributed by atoms with Crippen LogP contribution in [-0.4, -0.2) is 8.83 Å². The normalized spacial score (nSPS) is 44.8. The number of rotatable bonds is 5. The highest BCUT2D eigenvalue weighted by Crippen LogP contribution is 2.46. The molecule has 0 heterocycles. The average molecular weight is 315 g/mol. The maximum Gasteiger partial charge on any atom is 0.183 e. The van der Waals surface area contributed by atoms with Gasteiger partial charge in [-0.3, -0.25) is 0 Å². The van der Waals surface area contributed by atoms with E-state index in [4.69, 9.17) is 11.1 Å². The summed E-state index contributed by atoms with van der Waals surface area (Å²) in [7, 11) is 0.462. The summed E-state index contributed by atoms with van der Waals surface area (Å²) in [5, 5.41) is 0. The van der Waals surface area contributed by atoms with Gasteiger partial charge in [-0.25, -0.2) is 0 Å². The van der Waals surface area contributed by atoms with Crippen molar-refractivity contribution >= 4 is 19.9 Å². The highest BCUT2D eigenvalue weighted by Gasteiger charge is 2.36. The van der Waals surface area contributed by atoms with E-state index in [2.05, 4.69) is 48.6 Å². The highest BCUT2D eigenvalue weighted by atomic mass is 35.6. The van der Waals surface area contributed by atoms with E-state index in [0.29, 0.717) is 14.4 Å². The molecule has 0 aromatic rings. The summed E-state index contributed by atoms with van der Waals surface area (Å²) < 4.78 is 0. The van der Waals surface area contributed by atoms with E-state index in [1.54, 1.807) is 0 Å². The van der Waals surface area contributed by atoms with Gasteiger partial charge in [-0.15, -0.1) is 0 Å². The average Bonchev–Trinajstić information content (AvgIpc) is 3.28. The first-order valence-electron chi connectivity index (χ1n) is 8.44. The lowest BCUT2D eigenvalue weighted by Gasteiger charge is -2.13. The maximum absolute atomic E-state index is 6.21. The van der Waals surface area contributed by atoms with Crippen molar-refractivity contribution in [1.82, 2.24) is 0 Å². The molecule has 0 amide bonds. The van der Waals surface area contributed by atoms with Gasteiger partial charge in [-0.1, -0.05) is 48.6 Å². The lowest BCUT2D eigenvalue weighted by Crippen LogP contribution is -2.05. The monoisotopic (exact) mass is 314 g/mol. The second-order valence-electron chi connectivity index (χ2n) is 7.14. The first-order valence-corrected chi connectivity index (χ1v) is 10.5. The Morgan fingerprint density at radius 3 is 1.43 bits per heavy atom. The minimum Gasteiger partial charge on any atom is -0.170 e. The first-order chi connectivity index (χ1) is 10.3. The van der Waals surface area contributed by atoms with E-state index < -0.39 is 0 Å². The summed E-state index contributed by atoms with van der Waals surface area (Å²) in [4.78, 5) is 0. The minimum atomic E-state index is 0.437. The standard InChI is InChI=1S/C19H23ClSi/c20-21-17(9-11-18-13-1-2-14(18)4-3-13)10-12-19-15-5-6-16(19)8-7-15/h1-2,5-6,9-19H,3-4,7-8H2. The molecule has 0 N–H and O–H groups in total. The quantitative estimate of drug-likeness (QED) is 0.373. The fourth-order valence-electron chi connectivity index (χ4n) is 4.85. The molecule has 0 nitrogen and oxygen atoms in total. The van der Waals surface area contributed by atoms with Crippen molar-refractivity contribution in [2.75, 3.05) is 0 Å². The molecule has 4 unspecified atom stereocenters. The van der Waals surface area contributed by atoms with Crippen molar-refractivity contribution in [2.24, 2.45) is 35.5 Å². The molecule has 0 aromatic heterocycles. The molecule has 2 radical (unpaired) electrons. The Labute approximate surface area is 135 Å². The summed E-state index contributed by atoms with van der Waals surface area (Å²) in [6.07, 6.45) is 25.0. The van der Waals surface area contributed by atoms with Gasteiger partial charge in [0.1, 0.15) is 0 Å². The van der Waals surface area contributed by atoms with Crippen molar-refractivity contribution < 1.29 is 0 Å². The molecule has 4 rings (SSSR count). The second kappa shape index (κ2) is 5.93. The van der Waals surface area contributed by atoms with Gasteiger partial charge in [0.05, 0.1) is 0 Å². The van der Waals surface area contributed by atoms with Crippen molar-refractivity contribution in [1.29, 1.82) is 0 Å². The Kier molecular flexibility index (Phi) is 3.98. The van der Waals surface area contributed by atoms with Gasteiger partial charge < -0.3 is 0 Å². The van der Waals surface area contributed by atoms with Crippen LogP contribution in [0.4, 0.5) is 0 Å². The van der Waals surface area contributed by atoms with Gasteiger partial charge in [0.2, 0.25) is 0 Å². The smallest absolute Gasteiger partial charge is 0.170 e. The third-order valence-electron chi connectivity index (χ3n) is 6.06. The van der Waals surface area contributed by atoms with Gasteiger partial charge in [-0.2, -0.15) is 11.1 Å². The topological polar surface area (TPSA) is 0 Å². The fraction of sp³-hybridized carbons (Fsp3) is 0.579. The summed E-state index contributed by atoms with van der Waals surface area (Å²) >= 11 is 6.21. The molecular weight excluding hydrogens is 292 g/mol. The third-order valence-corrected chi connectivity index (χ3v) is 7.46. The van der Waals surface area contributed by atoms with E-state index in [1.165, 1.54) is 25.7 Å². The molecule has 0 aliphatic heterocycles. The molecule has 0 aromatic carbocycles. The number of hydrogen-bond acceptors (Lipinski definition) is 0. The largest absolute Gasteiger partial charge is 0.183 e. The number of hydrogen-bond donors (Lipinski definition) is 0. The van der Waals surface area contributed by atoms with Crippen LogP contribution >= 0.6 is 11.1 Å². The number of fused-ring (bicyclic) bond motifs is 4. The maximum atomic E-state index is 6.21. The van der Waals surface area contributed by atoms with Crippen LogP contribution in [0.5, 0.6) is 0 Å². The molecule has 0 spiro atoms. The molecule has 4 aliphatic carbocycles. The van der Waals surface area contributed by atoms with Crippen LogP contribution in [-0.2, 0) is 0 Å². The van der Waals surface area contributed by atoms with Crippen molar-refractivity contribution in [3.8, 4) is 0 Å². The Morgan fingerprint density at radius 2 is 1.14 bits per heavy atom. The third kappa shape index (κ3) is 2.64. The SMILES string of the molecule is Cl[Si]C(C=CC1C2C=CC1CC2)C=CC1C2C=CC1CC2. The first kappa shape index (κ1) is 14.1. The second-order valence-corrected chi connectivity index (χ2v) is 8.68. The van der Waals surface area contributed by atoms with Gasteiger partial charge in [0.15, 0.2) is 8.83 Å². The summed E-state index contributed by atoms with van der Waals surface area (Å²) in [6, 6.07) is 0. The zero-order chi connectivity index (χ0) is 14.2. The summed E-state index contributed by atoms with van der Waals surface area (Å²) in [5.41, 5.74) is 0.437. The van der Waals surface area contributed by atoms with E-state index in [1.807, 2.05) is 0 Å². The predicted octanol–water partition coefficient (Wildman–Crippen LogP) is 5.17. The van der Waals surface area contributed by atoms with Crippen LogP contribution in [0.25, 0.3) is 0 Å². The van der Waals surface area contributed by atoms with E-state index >= 15 is 0 Å². The molecule has 2 fully saturated rings.